The van der Waals surface area contributed by atoms with E-state index in [4.69, 9.17) is 16.6 Å². The summed E-state index contributed by atoms with van der Waals surface area (Å²) in [7, 11) is 0. The van der Waals surface area contributed by atoms with Crippen LogP contribution in [-0.4, -0.2) is 4.98 Å². The third-order valence-electron chi connectivity index (χ3n) is 3.25. The van der Waals surface area contributed by atoms with Crippen LogP contribution in [-0.2, 0) is 6.42 Å². The van der Waals surface area contributed by atoms with Gasteiger partial charge in [0, 0.05) is 27.4 Å². The number of rotatable bonds is 3. The molecule has 1 nitrogen and oxygen atoms in total. The lowest BCUT2D eigenvalue weighted by molar-refractivity contribution is 0.913. The summed E-state index contributed by atoms with van der Waals surface area (Å²) in [6.45, 7) is 0. The molecule has 3 aromatic rings. The Bertz CT molecular complexity index is 742. The standard InChI is InChI=1S/C17H13BrClN/c18-16(13-5-3-6-14(19)10-13)11-15-9-8-12-4-1-2-7-17(12)20-15/h1-10,16H,11H2. The molecule has 0 aliphatic heterocycles. The molecule has 0 bridgehead atoms. The maximum atomic E-state index is 6.03. The lowest BCUT2D eigenvalue weighted by atomic mass is 10.1. The maximum absolute atomic E-state index is 6.03. The minimum Gasteiger partial charge on any atom is -0.253 e. The van der Waals surface area contributed by atoms with Crippen LogP contribution in [0.1, 0.15) is 16.1 Å². The van der Waals surface area contributed by atoms with Gasteiger partial charge in [0.1, 0.15) is 0 Å². The summed E-state index contributed by atoms with van der Waals surface area (Å²) < 4.78 is 0. The smallest absolute Gasteiger partial charge is 0.0705 e. The van der Waals surface area contributed by atoms with Gasteiger partial charge in [-0.05, 0) is 29.8 Å². The highest BCUT2D eigenvalue weighted by molar-refractivity contribution is 9.09. The van der Waals surface area contributed by atoms with Gasteiger partial charge in [-0.15, -0.1) is 0 Å². The monoisotopic (exact) mass is 345 g/mol. The molecule has 2 aromatic carbocycles. The fourth-order valence-corrected chi connectivity index (χ4v) is 3.04. The van der Waals surface area contributed by atoms with Crippen LogP contribution in [0.2, 0.25) is 5.02 Å². The molecular weight excluding hydrogens is 334 g/mol. The van der Waals surface area contributed by atoms with Crippen LogP contribution in [0.15, 0.2) is 60.7 Å². The SMILES string of the molecule is Clc1cccc(C(Br)Cc2ccc3ccccc3n2)c1. The van der Waals surface area contributed by atoms with E-state index in [1.165, 1.54) is 10.9 Å². The molecule has 0 saturated carbocycles. The Morgan fingerprint density at radius 2 is 1.85 bits per heavy atom. The average Bonchev–Trinajstić information content (AvgIpc) is 2.47. The van der Waals surface area contributed by atoms with Gasteiger partial charge in [0.25, 0.3) is 0 Å². The Balaban J connectivity index is 1.85. The van der Waals surface area contributed by atoms with E-state index >= 15 is 0 Å². The summed E-state index contributed by atoms with van der Waals surface area (Å²) in [6, 6.07) is 20.3. The molecule has 0 amide bonds. The molecule has 0 aliphatic rings. The van der Waals surface area contributed by atoms with Gasteiger partial charge in [-0.25, -0.2) is 0 Å². The molecular formula is C17H13BrClN. The van der Waals surface area contributed by atoms with Crippen molar-refractivity contribution in [2.75, 3.05) is 0 Å². The van der Waals surface area contributed by atoms with Crippen molar-refractivity contribution in [3.05, 3.63) is 76.9 Å². The summed E-state index contributed by atoms with van der Waals surface area (Å²) in [4.78, 5) is 4.92. The second kappa shape index (κ2) is 5.94. The number of para-hydroxylation sites is 1. The van der Waals surface area contributed by atoms with Crippen LogP contribution in [0.3, 0.4) is 0 Å². The topological polar surface area (TPSA) is 12.9 Å². The molecule has 0 radical (unpaired) electrons. The number of fused-ring (bicyclic) bond motifs is 1. The van der Waals surface area contributed by atoms with Crippen molar-refractivity contribution in [1.82, 2.24) is 4.98 Å². The van der Waals surface area contributed by atoms with Crippen LogP contribution in [0.4, 0.5) is 0 Å². The van der Waals surface area contributed by atoms with Crippen molar-refractivity contribution >= 4 is 38.4 Å². The van der Waals surface area contributed by atoms with Crippen molar-refractivity contribution in [1.29, 1.82) is 0 Å². The molecule has 20 heavy (non-hydrogen) atoms. The van der Waals surface area contributed by atoms with Crippen molar-refractivity contribution in [2.24, 2.45) is 0 Å². The average molecular weight is 347 g/mol. The Labute approximate surface area is 131 Å². The van der Waals surface area contributed by atoms with E-state index in [0.29, 0.717) is 0 Å². The van der Waals surface area contributed by atoms with E-state index in [1.54, 1.807) is 0 Å². The second-order valence-corrected chi connectivity index (χ2v) is 6.26. The number of halogens is 2. The minimum absolute atomic E-state index is 0.217. The number of alkyl halides is 1. The van der Waals surface area contributed by atoms with Crippen LogP contribution < -0.4 is 0 Å². The maximum Gasteiger partial charge on any atom is 0.0705 e. The molecule has 1 aromatic heterocycles. The largest absolute Gasteiger partial charge is 0.253 e. The van der Waals surface area contributed by atoms with E-state index in [0.717, 1.165) is 22.7 Å². The zero-order valence-corrected chi connectivity index (χ0v) is 13.1. The van der Waals surface area contributed by atoms with E-state index in [1.807, 2.05) is 36.4 Å². The molecule has 1 heterocycles. The van der Waals surface area contributed by atoms with Crippen LogP contribution >= 0.6 is 27.5 Å². The van der Waals surface area contributed by atoms with E-state index in [2.05, 4.69) is 40.2 Å². The van der Waals surface area contributed by atoms with Crippen molar-refractivity contribution in [2.45, 2.75) is 11.2 Å². The molecule has 3 heteroatoms. The van der Waals surface area contributed by atoms with E-state index in [-0.39, 0.29) is 4.83 Å². The van der Waals surface area contributed by atoms with Crippen molar-refractivity contribution < 1.29 is 0 Å². The molecule has 1 unspecified atom stereocenters. The number of benzene rings is 2. The summed E-state index contributed by atoms with van der Waals surface area (Å²) in [6.07, 6.45) is 0.838. The Kier molecular flexibility index (Phi) is 4.04. The Morgan fingerprint density at radius 3 is 2.70 bits per heavy atom. The molecule has 100 valence electrons. The van der Waals surface area contributed by atoms with Gasteiger partial charge < -0.3 is 0 Å². The fourth-order valence-electron chi connectivity index (χ4n) is 2.22. The molecule has 3 rings (SSSR count). The summed E-state index contributed by atoms with van der Waals surface area (Å²) >= 11 is 9.76. The quantitative estimate of drug-likeness (QED) is 0.565. The lowest BCUT2D eigenvalue weighted by Crippen LogP contribution is -1.98. The fraction of sp³-hybridized carbons (Fsp3) is 0.118. The van der Waals surface area contributed by atoms with Gasteiger partial charge in [-0.3, -0.25) is 4.98 Å². The highest BCUT2D eigenvalue weighted by Crippen LogP contribution is 2.28. The van der Waals surface area contributed by atoms with Crippen LogP contribution in [0, 0.1) is 0 Å². The van der Waals surface area contributed by atoms with Gasteiger partial charge in [0.15, 0.2) is 0 Å². The van der Waals surface area contributed by atoms with E-state index in [9.17, 15) is 0 Å². The van der Waals surface area contributed by atoms with Crippen molar-refractivity contribution in [3.8, 4) is 0 Å². The normalized spacial score (nSPS) is 12.5. The highest BCUT2D eigenvalue weighted by atomic mass is 79.9. The lowest BCUT2D eigenvalue weighted by Gasteiger charge is -2.10. The summed E-state index contributed by atoms with van der Waals surface area (Å²) in [5, 5.41) is 1.93. The first kappa shape index (κ1) is 13.6. The summed E-state index contributed by atoms with van der Waals surface area (Å²) in [5.41, 5.74) is 3.29. The van der Waals surface area contributed by atoms with Gasteiger partial charge in [0.2, 0.25) is 0 Å². The zero-order valence-electron chi connectivity index (χ0n) is 10.8. The first-order chi connectivity index (χ1) is 9.72. The first-order valence-corrected chi connectivity index (χ1v) is 7.76. The second-order valence-electron chi connectivity index (χ2n) is 4.72. The molecule has 1 atom stereocenters. The minimum atomic E-state index is 0.217. The number of pyridine rings is 1. The predicted molar refractivity (Wildman–Crippen MR) is 88.6 cm³/mol. The number of aromatic nitrogens is 1. The van der Waals surface area contributed by atoms with E-state index < -0.39 is 0 Å². The third kappa shape index (κ3) is 3.02. The molecule has 0 fully saturated rings. The summed E-state index contributed by atoms with van der Waals surface area (Å²) in [5.74, 6) is 0. The molecule has 0 spiro atoms. The first-order valence-electron chi connectivity index (χ1n) is 6.46. The highest BCUT2D eigenvalue weighted by Gasteiger charge is 2.10. The Morgan fingerprint density at radius 1 is 1.00 bits per heavy atom. The molecule has 0 aliphatic carbocycles. The molecule has 0 N–H and O–H groups in total. The number of hydrogen-bond acceptors (Lipinski definition) is 1. The van der Waals surface area contributed by atoms with Crippen molar-refractivity contribution in [3.63, 3.8) is 0 Å². The zero-order chi connectivity index (χ0) is 13.9. The van der Waals surface area contributed by atoms with Crippen LogP contribution in [0.5, 0.6) is 0 Å². The number of nitrogens with zero attached hydrogens (tertiary/aromatic N) is 1. The van der Waals surface area contributed by atoms with Gasteiger partial charge in [-0.1, -0.05) is 63.9 Å². The van der Waals surface area contributed by atoms with Gasteiger partial charge in [0.05, 0.1) is 5.52 Å². The Hall–Kier alpha value is -1.38. The van der Waals surface area contributed by atoms with Crippen LogP contribution in [0.25, 0.3) is 10.9 Å². The van der Waals surface area contributed by atoms with Gasteiger partial charge in [-0.2, -0.15) is 0 Å². The van der Waals surface area contributed by atoms with Gasteiger partial charge >= 0.3 is 0 Å². The molecule has 0 saturated heterocycles. The number of hydrogen-bond donors (Lipinski definition) is 0. The third-order valence-corrected chi connectivity index (χ3v) is 4.34. The predicted octanol–water partition coefficient (Wildman–Crippen LogP) is 5.57.